The molecule has 0 aromatic carbocycles. The summed E-state index contributed by atoms with van der Waals surface area (Å²) in [6, 6.07) is -4.05. The minimum atomic E-state index is -1.59. The zero-order valence-electron chi connectivity index (χ0n) is 45.5. The van der Waals surface area contributed by atoms with Gasteiger partial charge in [-0.05, 0) is 91.1 Å². The van der Waals surface area contributed by atoms with E-state index in [1.807, 2.05) is 6.92 Å². The Morgan fingerprint density at radius 1 is 0.658 bits per heavy atom. The van der Waals surface area contributed by atoms with Crippen LogP contribution in [-0.2, 0) is 41.8 Å². The minimum Gasteiger partial charge on any atom is -0.441 e. The molecule has 4 saturated heterocycles. The molecule has 0 saturated carbocycles. The maximum absolute atomic E-state index is 15.6. The maximum Gasteiger partial charge on any atom is 0.519 e. The number of aliphatic hydroxyl groups excluding tert-OH is 6. The molecule has 24 nitrogen and oxygen atoms in total. The quantitative estimate of drug-likeness (QED) is 0.0989. The topological polar surface area (TPSA) is 344 Å². The van der Waals surface area contributed by atoms with E-state index in [1.165, 1.54) is 18.7 Å². The van der Waals surface area contributed by atoms with Crippen molar-refractivity contribution in [3.05, 3.63) is 44.3 Å². The standard InChI is InChI=1S/C25H38ClFN2O10S.C25H39ClN2O10S/c1-5-7-25(27)8-6-14(29(10-9-25)23(34)36-11-15-13(3)37-24(35)38-15)21(33)28-16(12(2)26)20-18(31)17(30)19(32)22(39-20)40-4;1-5-6-14-7-8-15(28(10-9-14)24(33)35-11-16-13(3)36-25(34)37-16)22(32)27-17(12(2)26)21-19(30)18(29)20(31)23(38-21)39-4/h12,14,16-20,22,30-32H,5-11H2,1-4H3,(H,28,33);12,14-15,17-21,23,29-31H,5-11H2,1-4H3,(H,27,32). The molecule has 2 aromatic rings. The number of ether oxygens (including phenoxy) is 4. The molecule has 450 valence electrons. The van der Waals surface area contributed by atoms with E-state index in [0.29, 0.717) is 31.6 Å². The van der Waals surface area contributed by atoms with Crippen LogP contribution in [0.25, 0.3) is 0 Å². The van der Waals surface area contributed by atoms with Crippen LogP contribution in [0.4, 0.5) is 14.0 Å². The fourth-order valence-corrected chi connectivity index (χ4v) is 12.1. The highest BCUT2D eigenvalue weighted by molar-refractivity contribution is 7.99. The maximum atomic E-state index is 15.6. The highest BCUT2D eigenvalue weighted by Gasteiger charge is 2.51. The van der Waals surface area contributed by atoms with Gasteiger partial charge >= 0.3 is 23.8 Å². The van der Waals surface area contributed by atoms with Crippen molar-refractivity contribution in [2.24, 2.45) is 5.92 Å². The van der Waals surface area contributed by atoms with Crippen LogP contribution in [0.5, 0.6) is 0 Å². The molecule has 18 atom stereocenters. The second-order valence-electron chi connectivity index (χ2n) is 20.4. The molecule has 0 aliphatic carbocycles. The lowest BCUT2D eigenvalue weighted by Gasteiger charge is -2.44. The third-order valence-corrected chi connectivity index (χ3v) is 17.1. The molecule has 6 heterocycles. The van der Waals surface area contributed by atoms with Gasteiger partial charge in [0.1, 0.15) is 77.5 Å². The van der Waals surface area contributed by atoms with Crippen LogP contribution in [0.3, 0.4) is 0 Å². The Kier molecular flexibility index (Phi) is 25.2. The number of hydrogen-bond acceptors (Lipinski definition) is 22. The molecule has 29 heteroatoms. The highest BCUT2D eigenvalue weighted by Crippen LogP contribution is 2.36. The first kappa shape index (κ1) is 66.2. The number of carbonyl (C=O) groups is 4. The van der Waals surface area contributed by atoms with Gasteiger partial charge in [0.15, 0.2) is 36.3 Å². The Labute approximate surface area is 475 Å². The number of likely N-dealkylation sites (tertiary alicyclic amines) is 2. The predicted octanol–water partition coefficient (Wildman–Crippen LogP) is 3.55. The van der Waals surface area contributed by atoms with Gasteiger partial charge in [-0.25, -0.2) is 23.6 Å². The number of alkyl halides is 3. The number of halogens is 3. The molecule has 8 N–H and O–H groups in total. The van der Waals surface area contributed by atoms with Gasteiger partial charge in [-0.15, -0.1) is 46.7 Å². The van der Waals surface area contributed by atoms with Crippen molar-refractivity contribution in [3.8, 4) is 0 Å². The second kappa shape index (κ2) is 30.1. The van der Waals surface area contributed by atoms with Crippen LogP contribution in [0.2, 0.25) is 0 Å². The number of nitrogens with one attached hydrogen (secondary N) is 2. The molecular formula is C50H77Cl2FN4O20S2. The number of carbonyl (C=O) groups excluding carboxylic acids is 4. The number of amides is 4. The van der Waals surface area contributed by atoms with Crippen LogP contribution < -0.4 is 22.3 Å². The monoisotopic (exact) mass is 1210 g/mol. The molecule has 4 fully saturated rings. The Morgan fingerprint density at radius 3 is 1.49 bits per heavy atom. The van der Waals surface area contributed by atoms with Crippen LogP contribution in [-0.4, -0.2) is 190 Å². The van der Waals surface area contributed by atoms with Crippen molar-refractivity contribution in [2.75, 3.05) is 25.6 Å². The SMILES string of the molecule is CCCC1(F)CCC(C(=O)NC(C(C)Cl)C2OC(SC)C(O)C(O)C2O)N(C(=O)OCc2oc(=O)oc2C)CC1.CCCC1CCC(C(=O)NC(C(C)Cl)C2OC(SC)C(O)C(O)C2O)N(C(=O)OCc2oc(=O)oc2C)CC1. The number of nitrogens with zero attached hydrogens (tertiary/aromatic N) is 2. The molecule has 79 heavy (non-hydrogen) atoms. The van der Waals surface area contributed by atoms with E-state index in [1.54, 1.807) is 26.4 Å². The zero-order valence-corrected chi connectivity index (χ0v) is 48.6. The number of rotatable bonds is 18. The van der Waals surface area contributed by atoms with Crippen LogP contribution >= 0.6 is 46.7 Å². The highest BCUT2D eigenvalue weighted by atomic mass is 35.5. The van der Waals surface area contributed by atoms with Gasteiger partial charge in [0.2, 0.25) is 11.8 Å². The predicted molar refractivity (Wildman–Crippen MR) is 285 cm³/mol. The average Bonchev–Trinajstić information content (AvgIpc) is 3.77. The summed E-state index contributed by atoms with van der Waals surface area (Å²) in [5.41, 5.74) is -3.33. The normalized spacial score (nSPS) is 32.0. The van der Waals surface area contributed by atoms with E-state index < -0.39 is 143 Å². The van der Waals surface area contributed by atoms with Crippen molar-refractivity contribution in [1.29, 1.82) is 0 Å². The first-order valence-electron chi connectivity index (χ1n) is 26.4. The molecule has 0 bridgehead atoms. The van der Waals surface area contributed by atoms with Crippen LogP contribution in [0, 0.1) is 19.8 Å². The fraction of sp³-hybridized carbons (Fsp3) is 0.800. The fourth-order valence-electron chi connectivity index (χ4n) is 10.3. The Balaban J connectivity index is 0.000000291. The van der Waals surface area contributed by atoms with Crippen molar-refractivity contribution >= 4 is 70.7 Å². The van der Waals surface area contributed by atoms with E-state index >= 15 is 4.39 Å². The van der Waals surface area contributed by atoms with Crippen LogP contribution in [0.1, 0.15) is 115 Å². The van der Waals surface area contributed by atoms with Gasteiger partial charge in [0.05, 0.1) is 22.8 Å². The largest absolute Gasteiger partial charge is 0.519 e. The smallest absolute Gasteiger partial charge is 0.441 e. The first-order chi connectivity index (χ1) is 37.3. The lowest BCUT2D eigenvalue weighted by Crippen LogP contribution is -2.65. The van der Waals surface area contributed by atoms with E-state index in [-0.39, 0.29) is 68.4 Å². The molecular weight excluding hydrogens is 1130 g/mol. The summed E-state index contributed by atoms with van der Waals surface area (Å²) in [7, 11) is 0. The molecule has 2 aromatic heterocycles. The van der Waals surface area contributed by atoms with Crippen LogP contribution in [0.15, 0.2) is 27.3 Å². The molecule has 4 aliphatic rings. The molecule has 4 aliphatic heterocycles. The first-order valence-corrected chi connectivity index (χ1v) is 29.8. The zero-order chi connectivity index (χ0) is 58.6. The van der Waals surface area contributed by atoms with Crippen molar-refractivity contribution in [2.45, 2.75) is 219 Å². The third-order valence-electron chi connectivity index (χ3n) is 14.8. The summed E-state index contributed by atoms with van der Waals surface area (Å²) in [6.45, 7) is 9.47. The van der Waals surface area contributed by atoms with Crippen molar-refractivity contribution < 1.29 is 90.8 Å². The average molecular weight is 1210 g/mol. The van der Waals surface area contributed by atoms with Gasteiger partial charge in [-0.1, -0.05) is 33.1 Å². The van der Waals surface area contributed by atoms with E-state index in [9.17, 15) is 59.4 Å². The number of hydrogen-bond donors (Lipinski definition) is 8. The Bertz CT molecular complexity index is 2410. The Hall–Kier alpha value is -3.61. The minimum absolute atomic E-state index is 0.00329. The molecule has 4 amide bonds. The van der Waals surface area contributed by atoms with Gasteiger partial charge < -0.3 is 77.9 Å². The summed E-state index contributed by atoms with van der Waals surface area (Å²) < 4.78 is 57.3. The number of thioether (sulfide) groups is 2. The van der Waals surface area contributed by atoms with E-state index in [4.69, 9.17) is 59.8 Å². The summed E-state index contributed by atoms with van der Waals surface area (Å²) in [6.07, 6.45) is -4.95. The van der Waals surface area contributed by atoms with Gasteiger partial charge in [-0.2, -0.15) is 0 Å². The summed E-state index contributed by atoms with van der Waals surface area (Å²) in [4.78, 5) is 78.8. The third kappa shape index (κ3) is 17.0. The number of aliphatic hydroxyl groups is 6. The van der Waals surface area contributed by atoms with Gasteiger partial charge in [0, 0.05) is 13.1 Å². The van der Waals surface area contributed by atoms with E-state index in [0.717, 1.165) is 41.3 Å². The summed E-state index contributed by atoms with van der Waals surface area (Å²) in [5.74, 6) is -2.31. The van der Waals surface area contributed by atoms with Gasteiger partial charge in [0.25, 0.3) is 0 Å². The van der Waals surface area contributed by atoms with Crippen molar-refractivity contribution in [1.82, 2.24) is 20.4 Å². The molecule has 0 radical (unpaired) electrons. The lowest BCUT2D eigenvalue weighted by molar-refractivity contribution is -0.205. The Morgan fingerprint density at radius 2 is 1.10 bits per heavy atom. The molecule has 6 rings (SSSR count). The van der Waals surface area contributed by atoms with E-state index in [2.05, 4.69) is 17.6 Å². The molecule has 0 spiro atoms. The molecule has 18 unspecified atom stereocenters. The summed E-state index contributed by atoms with van der Waals surface area (Å²) >= 11 is 15.1. The second-order valence-corrected chi connectivity index (χ2v) is 23.6. The van der Waals surface area contributed by atoms with Crippen molar-refractivity contribution in [3.63, 3.8) is 0 Å². The number of aryl methyl sites for hydroxylation is 2. The lowest BCUT2D eigenvalue weighted by atomic mass is 9.90. The summed E-state index contributed by atoms with van der Waals surface area (Å²) in [5, 5.41) is 66.5. The van der Waals surface area contributed by atoms with Gasteiger partial charge in [-0.3, -0.25) is 19.4 Å².